The van der Waals surface area contributed by atoms with Crippen molar-refractivity contribution >= 4 is 5.91 Å². The molecule has 0 fully saturated rings. The Kier molecular flexibility index (Phi) is 5.57. The molecule has 0 radical (unpaired) electrons. The number of rotatable bonds is 6. The molecule has 32 heavy (non-hydrogen) atoms. The Morgan fingerprint density at radius 2 is 1.97 bits per heavy atom. The quantitative estimate of drug-likeness (QED) is 0.505. The second-order valence-electron chi connectivity index (χ2n) is 7.32. The lowest BCUT2D eigenvalue weighted by Crippen LogP contribution is -2.26. The molecule has 1 aromatic carbocycles. The third kappa shape index (κ3) is 4.02. The summed E-state index contributed by atoms with van der Waals surface area (Å²) >= 11 is 0. The third-order valence-corrected chi connectivity index (χ3v) is 5.02. The summed E-state index contributed by atoms with van der Waals surface area (Å²) in [6.07, 6.45) is -2.05. The zero-order valence-electron chi connectivity index (χ0n) is 17.3. The van der Waals surface area contributed by atoms with Crippen LogP contribution in [0.15, 0.2) is 30.5 Å². The zero-order chi connectivity index (χ0) is 23.0. The van der Waals surface area contributed by atoms with E-state index in [1.807, 2.05) is 6.92 Å². The lowest BCUT2D eigenvalue weighted by molar-refractivity contribution is -0.145. The van der Waals surface area contributed by atoms with Gasteiger partial charge in [-0.15, -0.1) is 0 Å². The van der Waals surface area contributed by atoms with Crippen LogP contribution in [0.1, 0.15) is 41.9 Å². The standard InChI is InChI=1S/C21H19F4N5O2/c1-3-4-9-29-11-30-17(12(2)27-18(30)19(29)31)13-5-6-15(14(22)10-13)32-16-7-8-26-20(28-16)21(23,24)25/h5-8,10H,3-4,9,11H2,1-2H3. The van der Waals surface area contributed by atoms with Crippen LogP contribution in [0, 0.1) is 12.7 Å². The Hall–Kier alpha value is -3.50. The SMILES string of the molecule is CCCCN1Cn2c(nc(C)c2-c2ccc(Oc3ccnc(C(F)(F)F)n3)c(F)c2)C1=O. The number of fused-ring (bicyclic) bond motifs is 1. The summed E-state index contributed by atoms with van der Waals surface area (Å²) in [5, 5.41) is 0. The number of benzene rings is 1. The molecule has 1 aliphatic heterocycles. The van der Waals surface area contributed by atoms with Gasteiger partial charge in [0.15, 0.2) is 11.6 Å². The van der Waals surface area contributed by atoms with Crippen LogP contribution in [0.25, 0.3) is 11.3 Å². The van der Waals surface area contributed by atoms with Gasteiger partial charge in [0.1, 0.15) is 0 Å². The highest BCUT2D eigenvalue weighted by Crippen LogP contribution is 2.33. The summed E-state index contributed by atoms with van der Waals surface area (Å²) in [5.74, 6) is -2.77. The molecule has 0 bridgehead atoms. The molecule has 2 aromatic heterocycles. The lowest BCUT2D eigenvalue weighted by atomic mass is 10.1. The van der Waals surface area contributed by atoms with Crippen molar-refractivity contribution in [2.45, 2.75) is 39.5 Å². The summed E-state index contributed by atoms with van der Waals surface area (Å²) in [4.78, 5) is 25.0. The fourth-order valence-corrected chi connectivity index (χ4v) is 3.52. The van der Waals surface area contributed by atoms with E-state index >= 15 is 0 Å². The molecule has 1 aliphatic rings. The van der Waals surface area contributed by atoms with Crippen LogP contribution < -0.4 is 4.74 Å². The minimum absolute atomic E-state index is 0.169. The van der Waals surface area contributed by atoms with Crippen molar-refractivity contribution in [1.82, 2.24) is 24.4 Å². The molecule has 0 unspecified atom stereocenters. The van der Waals surface area contributed by atoms with Crippen LogP contribution >= 0.6 is 0 Å². The molecule has 1 amide bonds. The molecule has 0 spiro atoms. The minimum atomic E-state index is -4.75. The fraction of sp³-hybridized carbons (Fsp3) is 0.333. The highest BCUT2D eigenvalue weighted by molar-refractivity contribution is 5.94. The first kappa shape index (κ1) is 21.7. The number of ether oxygens (including phenoxy) is 1. The molecule has 0 atom stereocenters. The Morgan fingerprint density at radius 3 is 2.66 bits per heavy atom. The van der Waals surface area contributed by atoms with Crippen molar-refractivity contribution in [3.05, 3.63) is 53.6 Å². The summed E-state index contributed by atoms with van der Waals surface area (Å²) in [6, 6.07) is 5.15. The van der Waals surface area contributed by atoms with Crippen molar-refractivity contribution in [3.8, 4) is 22.9 Å². The number of hydrogen-bond acceptors (Lipinski definition) is 5. The van der Waals surface area contributed by atoms with E-state index in [-0.39, 0.29) is 11.7 Å². The predicted octanol–water partition coefficient (Wildman–Crippen LogP) is 4.81. The van der Waals surface area contributed by atoms with Gasteiger partial charge in [0.2, 0.25) is 17.5 Å². The molecule has 0 N–H and O–H groups in total. The van der Waals surface area contributed by atoms with Gasteiger partial charge < -0.3 is 14.2 Å². The Bertz CT molecular complexity index is 1180. The van der Waals surface area contributed by atoms with Crippen molar-refractivity contribution in [3.63, 3.8) is 0 Å². The normalized spacial score (nSPS) is 13.6. The van der Waals surface area contributed by atoms with Crippen molar-refractivity contribution in [1.29, 1.82) is 0 Å². The Labute approximate surface area is 180 Å². The van der Waals surface area contributed by atoms with Crippen LogP contribution in [-0.2, 0) is 12.8 Å². The number of halogens is 4. The van der Waals surface area contributed by atoms with E-state index in [9.17, 15) is 22.4 Å². The molecule has 0 aliphatic carbocycles. The van der Waals surface area contributed by atoms with Gasteiger partial charge in [0, 0.05) is 24.4 Å². The second kappa shape index (κ2) is 8.21. The maximum Gasteiger partial charge on any atom is 0.451 e. The van der Waals surface area contributed by atoms with E-state index in [0.29, 0.717) is 36.0 Å². The molecule has 0 saturated heterocycles. The number of aromatic nitrogens is 4. The van der Waals surface area contributed by atoms with Crippen LogP contribution in [0.4, 0.5) is 17.6 Å². The minimum Gasteiger partial charge on any atom is -0.436 e. The number of amides is 1. The summed E-state index contributed by atoms with van der Waals surface area (Å²) in [6.45, 7) is 4.70. The van der Waals surface area contributed by atoms with Crippen molar-refractivity contribution in [2.24, 2.45) is 0 Å². The number of carbonyl (C=O) groups excluding carboxylic acids is 1. The molecule has 7 nitrogen and oxygen atoms in total. The van der Waals surface area contributed by atoms with E-state index < -0.39 is 23.7 Å². The van der Waals surface area contributed by atoms with Crippen LogP contribution in [0.3, 0.4) is 0 Å². The number of alkyl halides is 3. The number of unbranched alkanes of at least 4 members (excludes halogenated alkanes) is 1. The third-order valence-electron chi connectivity index (χ3n) is 5.02. The molecular weight excluding hydrogens is 430 g/mol. The van der Waals surface area contributed by atoms with E-state index in [4.69, 9.17) is 4.74 Å². The molecular formula is C21H19F4N5O2. The first-order chi connectivity index (χ1) is 15.2. The Balaban J connectivity index is 1.61. The summed E-state index contributed by atoms with van der Waals surface area (Å²) in [7, 11) is 0. The highest BCUT2D eigenvalue weighted by atomic mass is 19.4. The summed E-state index contributed by atoms with van der Waals surface area (Å²) in [5.41, 5.74) is 1.64. The van der Waals surface area contributed by atoms with Crippen LogP contribution in [0.2, 0.25) is 0 Å². The van der Waals surface area contributed by atoms with Gasteiger partial charge in [0.25, 0.3) is 5.91 Å². The highest BCUT2D eigenvalue weighted by Gasteiger charge is 2.35. The molecule has 168 valence electrons. The van der Waals surface area contributed by atoms with E-state index in [0.717, 1.165) is 25.1 Å². The van der Waals surface area contributed by atoms with Gasteiger partial charge in [-0.2, -0.15) is 18.2 Å². The van der Waals surface area contributed by atoms with E-state index in [2.05, 4.69) is 15.0 Å². The van der Waals surface area contributed by atoms with Gasteiger partial charge in [-0.25, -0.2) is 14.4 Å². The first-order valence-electron chi connectivity index (χ1n) is 9.93. The smallest absolute Gasteiger partial charge is 0.436 e. The van der Waals surface area contributed by atoms with Gasteiger partial charge in [0.05, 0.1) is 18.1 Å². The number of aryl methyl sites for hydroxylation is 1. The topological polar surface area (TPSA) is 73.1 Å². The first-order valence-corrected chi connectivity index (χ1v) is 9.93. The summed E-state index contributed by atoms with van der Waals surface area (Å²) < 4.78 is 60.0. The van der Waals surface area contributed by atoms with Gasteiger partial charge in [-0.05, 0) is 31.5 Å². The number of imidazole rings is 1. The van der Waals surface area contributed by atoms with Crippen molar-refractivity contribution < 1.29 is 27.1 Å². The largest absolute Gasteiger partial charge is 0.451 e. The molecule has 4 rings (SSSR count). The number of nitrogens with zero attached hydrogens (tertiary/aromatic N) is 5. The molecule has 11 heteroatoms. The molecule has 3 heterocycles. The number of hydrogen-bond donors (Lipinski definition) is 0. The molecule has 3 aromatic rings. The fourth-order valence-electron chi connectivity index (χ4n) is 3.52. The van der Waals surface area contributed by atoms with E-state index in [1.54, 1.807) is 22.5 Å². The zero-order valence-corrected chi connectivity index (χ0v) is 17.3. The molecule has 0 saturated carbocycles. The van der Waals surface area contributed by atoms with Crippen molar-refractivity contribution in [2.75, 3.05) is 6.54 Å². The average molecular weight is 449 g/mol. The van der Waals surface area contributed by atoms with E-state index in [1.165, 1.54) is 12.1 Å². The average Bonchev–Trinajstić information content (AvgIpc) is 3.22. The predicted molar refractivity (Wildman–Crippen MR) is 105 cm³/mol. The van der Waals surface area contributed by atoms with Gasteiger partial charge in [-0.3, -0.25) is 4.79 Å². The van der Waals surface area contributed by atoms with Crippen LogP contribution in [-0.4, -0.2) is 36.9 Å². The maximum absolute atomic E-state index is 14.8. The van der Waals surface area contributed by atoms with Crippen LogP contribution in [0.5, 0.6) is 11.6 Å². The lowest BCUT2D eigenvalue weighted by Gasteiger charge is -2.16. The van der Waals surface area contributed by atoms with Gasteiger partial charge in [-0.1, -0.05) is 13.3 Å². The number of carbonyl (C=O) groups is 1. The Morgan fingerprint density at radius 1 is 1.19 bits per heavy atom. The maximum atomic E-state index is 14.8. The monoisotopic (exact) mass is 449 g/mol. The second-order valence-corrected chi connectivity index (χ2v) is 7.32. The van der Waals surface area contributed by atoms with Gasteiger partial charge >= 0.3 is 6.18 Å².